The molecule has 0 saturated carbocycles. The van der Waals surface area contributed by atoms with E-state index in [0.29, 0.717) is 0 Å². The molecule has 21 heavy (non-hydrogen) atoms. The Balaban J connectivity index is 2.86. The van der Waals surface area contributed by atoms with Crippen LogP contribution in [0.3, 0.4) is 0 Å². The lowest BCUT2D eigenvalue weighted by molar-refractivity contribution is -0.181. The maximum Gasteiger partial charge on any atom is 0.413 e. The van der Waals surface area contributed by atoms with Crippen LogP contribution >= 0.6 is 0 Å². The Morgan fingerprint density at radius 1 is 1.00 bits per heavy atom. The summed E-state index contributed by atoms with van der Waals surface area (Å²) in [7, 11) is -6.91. The first kappa shape index (κ1) is 17.8. The maximum atomic E-state index is 11.8. The lowest BCUT2D eigenvalue weighted by Crippen LogP contribution is -2.29. The summed E-state index contributed by atoms with van der Waals surface area (Å²) in [4.78, 5) is 4.49. The molecule has 7 nitrogen and oxygen atoms in total. The van der Waals surface area contributed by atoms with Gasteiger partial charge in [0, 0.05) is 0 Å². The summed E-state index contributed by atoms with van der Waals surface area (Å²) in [5.74, 6) is 0. The van der Waals surface area contributed by atoms with E-state index in [-0.39, 0.29) is 4.90 Å². The van der Waals surface area contributed by atoms with Crippen LogP contribution in [0.4, 0.5) is 13.2 Å². The lowest BCUT2D eigenvalue weighted by atomic mass is 10.4. The summed E-state index contributed by atoms with van der Waals surface area (Å²) in [6, 6.07) is 3.82. The van der Waals surface area contributed by atoms with Gasteiger partial charge in [0.25, 0.3) is 10.0 Å². The molecule has 1 rings (SSSR count). The van der Waals surface area contributed by atoms with Gasteiger partial charge in [0.1, 0.15) is 0 Å². The molecule has 12 heteroatoms. The fourth-order valence-corrected chi connectivity index (χ4v) is 2.69. The fraction of sp³-hybridized carbons (Fsp3) is 0.333. The number of hydrogen-bond donors (Lipinski definition) is 2. The summed E-state index contributed by atoms with van der Waals surface area (Å²) in [5.41, 5.74) is 0. The molecule has 0 spiro atoms. The molecule has 0 aromatic heterocycles. The van der Waals surface area contributed by atoms with Gasteiger partial charge in [-0.1, -0.05) is 4.89 Å². The molecule has 2 N–H and O–H groups in total. The zero-order chi connectivity index (χ0) is 16.3. The first-order valence-electron chi connectivity index (χ1n) is 5.22. The summed E-state index contributed by atoms with van der Waals surface area (Å²) < 4.78 is 83.5. The first-order chi connectivity index (χ1) is 9.48. The summed E-state index contributed by atoms with van der Waals surface area (Å²) in [5, 5.41) is 0. The number of sulfonamides is 2. The quantitative estimate of drug-likeness (QED) is 0.723. The van der Waals surface area contributed by atoms with Crippen molar-refractivity contribution < 1.29 is 34.8 Å². The zero-order valence-corrected chi connectivity index (χ0v) is 12.1. The highest BCUT2D eigenvalue weighted by molar-refractivity contribution is 7.89. The standard InChI is InChI=1S/C9H11F3N2O5S2/c1-13-20(15,16)7-2-4-8(5-3-7)21(17,18)14-19-6-9(10,11)12/h2-5,13-14H,6H2,1H3. The Kier molecular flexibility index (Phi) is 5.33. The van der Waals surface area contributed by atoms with Crippen LogP contribution in [0.1, 0.15) is 0 Å². The highest BCUT2D eigenvalue weighted by atomic mass is 32.2. The van der Waals surface area contributed by atoms with Gasteiger partial charge in [-0.3, -0.25) is 4.84 Å². The number of alkyl halides is 3. The van der Waals surface area contributed by atoms with Gasteiger partial charge in [0.2, 0.25) is 10.0 Å². The van der Waals surface area contributed by atoms with Crippen molar-refractivity contribution in [3.05, 3.63) is 24.3 Å². The number of halogens is 3. The molecule has 0 radical (unpaired) electrons. The molecule has 0 aliphatic rings. The SMILES string of the molecule is CNS(=O)(=O)c1ccc(S(=O)(=O)NOCC(F)(F)F)cc1. The van der Waals surface area contributed by atoms with Crippen molar-refractivity contribution in [3.63, 3.8) is 0 Å². The molecule has 0 heterocycles. The van der Waals surface area contributed by atoms with E-state index >= 15 is 0 Å². The molecule has 0 bridgehead atoms. The van der Waals surface area contributed by atoms with Crippen LogP contribution in [0.15, 0.2) is 34.1 Å². The Morgan fingerprint density at radius 2 is 1.43 bits per heavy atom. The normalized spacial score (nSPS) is 13.3. The molecule has 0 unspecified atom stereocenters. The monoisotopic (exact) mass is 348 g/mol. The second-order valence-corrected chi connectivity index (χ2v) is 7.20. The first-order valence-corrected chi connectivity index (χ1v) is 8.18. The average molecular weight is 348 g/mol. The smallest absolute Gasteiger partial charge is 0.277 e. The van der Waals surface area contributed by atoms with E-state index in [1.54, 1.807) is 0 Å². The van der Waals surface area contributed by atoms with Crippen molar-refractivity contribution in [2.45, 2.75) is 16.0 Å². The molecule has 120 valence electrons. The summed E-state index contributed by atoms with van der Waals surface area (Å²) in [6.45, 7) is -1.79. The van der Waals surface area contributed by atoms with Gasteiger partial charge >= 0.3 is 6.18 Å². The number of nitrogens with one attached hydrogen (secondary N) is 2. The molecule has 0 aliphatic heterocycles. The minimum Gasteiger partial charge on any atom is -0.277 e. The van der Waals surface area contributed by atoms with Crippen molar-refractivity contribution in [2.75, 3.05) is 13.7 Å². The van der Waals surface area contributed by atoms with Crippen molar-refractivity contribution in [1.29, 1.82) is 0 Å². The number of rotatable bonds is 6. The van der Waals surface area contributed by atoms with E-state index in [4.69, 9.17) is 0 Å². The van der Waals surface area contributed by atoms with Crippen LogP contribution in [0.5, 0.6) is 0 Å². The van der Waals surface area contributed by atoms with Gasteiger partial charge in [-0.05, 0) is 31.3 Å². The summed E-state index contributed by atoms with van der Waals surface area (Å²) >= 11 is 0. The van der Waals surface area contributed by atoms with Crippen LogP contribution in [0, 0.1) is 0 Å². The van der Waals surface area contributed by atoms with E-state index in [1.165, 1.54) is 11.9 Å². The molecule has 1 aromatic rings. The van der Waals surface area contributed by atoms with Crippen molar-refractivity contribution in [2.24, 2.45) is 0 Å². The van der Waals surface area contributed by atoms with Crippen molar-refractivity contribution >= 4 is 20.0 Å². The summed E-state index contributed by atoms with van der Waals surface area (Å²) in [6.07, 6.45) is -4.69. The predicted octanol–water partition coefficient (Wildman–Crippen LogP) is 0.367. The minimum absolute atomic E-state index is 0.194. The highest BCUT2D eigenvalue weighted by Crippen LogP contribution is 2.16. The van der Waals surface area contributed by atoms with E-state index < -0.39 is 37.7 Å². The topological polar surface area (TPSA) is 102 Å². The predicted molar refractivity (Wildman–Crippen MR) is 65.0 cm³/mol. The third-order valence-electron chi connectivity index (χ3n) is 2.12. The largest absolute Gasteiger partial charge is 0.413 e. The Morgan fingerprint density at radius 3 is 1.81 bits per heavy atom. The molecule has 0 amide bonds. The Hall–Kier alpha value is -1.21. The molecule has 0 atom stereocenters. The molecule has 0 saturated heterocycles. The van der Waals surface area contributed by atoms with Gasteiger partial charge in [0.05, 0.1) is 9.79 Å². The molecule has 0 aliphatic carbocycles. The second-order valence-electron chi connectivity index (χ2n) is 3.67. The van der Waals surface area contributed by atoms with Gasteiger partial charge in [-0.25, -0.2) is 21.6 Å². The van der Waals surface area contributed by atoms with Crippen LogP contribution < -0.4 is 9.61 Å². The molecule has 0 fully saturated rings. The Labute approximate surface area is 119 Å². The van der Waals surface area contributed by atoms with Crippen LogP contribution in [-0.2, 0) is 24.9 Å². The number of benzene rings is 1. The van der Waals surface area contributed by atoms with E-state index in [2.05, 4.69) is 4.84 Å². The van der Waals surface area contributed by atoms with Gasteiger partial charge in [-0.15, -0.1) is 0 Å². The van der Waals surface area contributed by atoms with Crippen molar-refractivity contribution in [1.82, 2.24) is 9.61 Å². The molecular weight excluding hydrogens is 337 g/mol. The molecule has 1 aromatic carbocycles. The highest BCUT2D eigenvalue weighted by Gasteiger charge is 2.29. The van der Waals surface area contributed by atoms with E-state index in [0.717, 1.165) is 24.3 Å². The number of hydrogen-bond acceptors (Lipinski definition) is 5. The second kappa shape index (κ2) is 6.27. The average Bonchev–Trinajstić information content (AvgIpc) is 2.37. The maximum absolute atomic E-state index is 11.8. The minimum atomic E-state index is -4.69. The van der Waals surface area contributed by atoms with E-state index in [9.17, 15) is 30.0 Å². The van der Waals surface area contributed by atoms with Crippen LogP contribution in [0.25, 0.3) is 0 Å². The van der Waals surface area contributed by atoms with Crippen LogP contribution in [0.2, 0.25) is 0 Å². The van der Waals surface area contributed by atoms with Gasteiger partial charge in [0.15, 0.2) is 6.61 Å². The molecular formula is C9H11F3N2O5S2. The third kappa shape index (κ3) is 5.24. The third-order valence-corrected chi connectivity index (χ3v) is 4.78. The lowest BCUT2D eigenvalue weighted by Gasteiger charge is -2.09. The van der Waals surface area contributed by atoms with Crippen molar-refractivity contribution in [3.8, 4) is 0 Å². The van der Waals surface area contributed by atoms with Gasteiger partial charge < -0.3 is 0 Å². The van der Waals surface area contributed by atoms with Gasteiger partial charge in [-0.2, -0.15) is 13.2 Å². The Bertz CT molecular complexity index is 683. The zero-order valence-electron chi connectivity index (χ0n) is 10.5. The van der Waals surface area contributed by atoms with Crippen LogP contribution in [-0.4, -0.2) is 36.7 Å². The fourth-order valence-electron chi connectivity index (χ4n) is 1.15. The van der Waals surface area contributed by atoms with E-state index in [1.807, 2.05) is 4.72 Å².